The quantitative estimate of drug-likeness (QED) is 0.171. The molecule has 20 nitrogen and oxygen atoms in total. The van der Waals surface area contributed by atoms with Crippen LogP contribution in [0.5, 0.6) is 0 Å². The molecular formula is C22H27FN10O10P2S. The van der Waals surface area contributed by atoms with E-state index in [4.69, 9.17) is 43.8 Å². The molecule has 3 aliphatic heterocycles. The fourth-order valence-electron chi connectivity index (χ4n) is 5.70. The molecule has 1 unspecified atom stereocenters. The number of nitrogens with two attached hydrogens (primary N) is 2. The van der Waals surface area contributed by atoms with E-state index in [2.05, 4.69) is 42.2 Å². The highest BCUT2D eigenvalue weighted by Gasteiger charge is 2.58. The summed E-state index contributed by atoms with van der Waals surface area (Å²) in [5.74, 6) is -0.102. The number of aromatic amines is 1. The van der Waals surface area contributed by atoms with E-state index in [1.165, 1.54) is 42.1 Å². The van der Waals surface area contributed by atoms with Crippen molar-refractivity contribution >= 4 is 61.4 Å². The van der Waals surface area contributed by atoms with Gasteiger partial charge in [-0.3, -0.25) is 37.0 Å². The summed E-state index contributed by atoms with van der Waals surface area (Å²) in [7, 11) is -2.14. The molecule has 0 amide bonds. The van der Waals surface area contributed by atoms with Crippen LogP contribution in [0.3, 0.4) is 0 Å². The topological polar surface area (TPSA) is 258 Å². The molecule has 4 aromatic rings. The van der Waals surface area contributed by atoms with Gasteiger partial charge in [-0.2, -0.15) is 4.98 Å². The zero-order chi connectivity index (χ0) is 32.5. The minimum atomic E-state index is -4.32. The molecule has 0 spiro atoms. The largest absolute Gasteiger partial charge is 0.386 e. The Morgan fingerprint density at radius 3 is 2.67 bits per heavy atom. The molecule has 248 valence electrons. The molecule has 7 heterocycles. The van der Waals surface area contributed by atoms with Crippen molar-refractivity contribution in [1.82, 2.24) is 39.0 Å². The van der Waals surface area contributed by atoms with Crippen LogP contribution in [0, 0.1) is 0 Å². The van der Waals surface area contributed by atoms with Crippen LogP contribution in [0.15, 0.2) is 23.8 Å². The van der Waals surface area contributed by atoms with E-state index in [1.54, 1.807) is 0 Å². The Bertz CT molecular complexity index is 1950. The first-order chi connectivity index (χ1) is 21.9. The fraction of sp³-hybridized carbons (Fsp3) is 0.545. The third-order valence-electron chi connectivity index (χ3n) is 7.85. The van der Waals surface area contributed by atoms with Gasteiger partial charge in [0.1, 0.15) is 41.9 Å². The van der Waals surface area contributed by atoms with Crippen LogP contribution in [-0.2, 0) is 41.4 Å². The van der Waals surface area contributed by atoms with E-state index < -0.39 is 82.5 Å². The van der Waals surface area contributed by atoms with Gasteiger partial charge in [-0.05, 0) is 6.92 Å². The van der Waals surface area contributed by atoms with Crippen LogP contribution >= 0.6 is 27.3 Å². The van der Waals surface area contributed by atoms with Crippen molar-refractivity contribution in [3.8, 4) is 0 Å². The number of rotatable bonds is 3. The molecule has 46 heavy (non-hydrogen) atoms. The van der Waals surface area contributed by atoms with E-state index >= 15 is 4.39 Å². The summed E-state index contributed by atoms with van der Waals surface area (Å²) in [6.45, 7) is -3.91. The molecule has 0 aliphatic carbocycles. The Hall–Kier alpha value is -3.04. The maximum absolute atomic E-state index is 15.9. The van der Waals surface area contributed by atoms with E-state index in [1.807, 2.05) is 0 Å². The van der Waals surface area contributed by atoms with Crippen molar-refractivity contribution in [2.45, 2.75) is 55.6 Å². The summed E-state index contributed by atoms with van der Waals surface area (Å²) in [6, 6.07) is 0. The highest BCUT2D eigenvalue weighted by Crippen LogP contribution is 2.59. The Labute approximate surface area is 262 Å². The Balaban J connectivity index is 1.22. The van der Waals surface area contributed by atoms with Gasteiger partial charge in [0.15, 0.2) is 41.3 Å². The molecular weight excluding hydrogens is 677 g/mol. The normalized spacial score (nSPS) is 37.1. The van der Waals surface area contributed by atoms with E-state index in [-0.39, 0.29) is 22.9 Å². The number of thiol groups is 1. The molecule has 0 aromatic carbocycles. The predicted octanol–water partition coefficient (Wildman–Crippen LogP) is 0.907. The molecule has 10 atom stereocenters. The average molecular weight is 705 g/mol. The Morgan fingerprint density at radius 2 is 1.91 bits per heavy atom. The first kappa shape index (κ1) is 31.6. The SMILES string of the molecule is CO[C@H]1[C@H](n2cnc3c(N)ncnc32)O[C@]2(C)CO[PH](=O)O[C@@H]3[C@H](F)[C@@H](CO[P@@](=O)(S)O[C@@H]12)O[C@H]3n1cnc2c(=O)[nH]c(N)nc21. The second kappa shape index (κ2) is 11.6. The van der Waals surface area contributed by atoms with Crippen molar-refractivity contribution in [2.24, 2.45) is 0 Å². The monoisotopic (exact) mass is 704 g/mol. The van der Waals surface area contributed by atoms with Crippen molar-refractivity contribution in [3.63, 3.8) is 0 Å². The maximum atomic E-state index is 15.9. The van der Waals surface area contributed by atoms with Crippen LogP contribution in [0.25, 0.3) is 22.3 Å². The molecule has 3 saturated heterocycles. The molecule has 3 fully saturated rings. The summed E-state index contributed by atoms with van der Waals surface area (Å²) in [5.41, 5.74) is 9.90. The van der Waals surface area contributed by atoms with Crippen LogP contribution in [0.2, 0.25) is 0 Å². The Kier molecular flexibility index (Phi) is 7.95. The number of anilines is 2. The van der Waals surface area contributed by atoms with Crippen LogP contribution < -0.4 is 17.0 Å². The fourth-order valence-corrected chi connectivity index (χ4v) is 8.17. The van der Waals surface area contributed by atoms with E-state index in [0.29, 0.717) is 11.2 Å². The third kappa shape index (κ3) is 5.31. The molecule has 3 aliphatic rings. The zero-order valence-corrected chi connectivity index (χ0v) is 26.6. The number of nitrogens with zero attached hydrogens (tertiary/aromatic N) is 7. The minimum absolute atomic E-state index is 0.0519. The number of fused-ring (bicyclic) bond motifs is 5. The maximum Gasteiger partial charge on any atom is 0.386 e. The summed E-state index contributed by atoms with van der Waals surface area (Å²) < 4.78 is 86.0. The number of nitrogen functional groups attached to an aromatic ring is 2. The highest BCUT2D eigenvalue weighted by molar-refractivity contribution is 8.44. The number of hydrogen-bond acceptors (Lipinski definition) is 17. The molecule has 5 N–H and O–H groups in total. The molecule has 2 bridgehead atoms. The molecule has 0 saturated carbocycles. The van der Waals surface area contributed by atoms with Gasteiger partial charge in [0, 0.05) is 7.11 Å². The first-order valence-corrected chi connectivity index (χ1v) is 17.5. The number of alkyl halides is 1. The van der Waals surface area contributed by atoms with Gasteiger partial charge in [-0.1, -0.05) is 12.2 Å². The lowest BCUT2D eigenvalue weighted by atomic mass is 9.98. The minimum Gasteiger partial charge on any atom is -0.382 e. The van der Waals surface area contributed by atoms with Gasteiger partial charge in [0.05, 0.1) is 25.9 Å². The highest BCUT2D eigenvalue weighted by atomic mass is 32.7. The molecule has 0 radical (unpaired) electrons. The Morgan fingerprint density at radius 1 is 1.17 bits per heavy atom. The molecule has 24 heteroatoms. The van der Waals surface area contributed by atoms with Gasteiger partial charge < -0.3 is 30.2 Å². The predicted molar refractivity (Wildman–Crippen MR) is 158 cm³/mol. The first-order valence-electron chi connectivity index (χ1n) is 13.5. The third-order valence-corrected chi connectivity index (χ3v) is 10.3. The second-order valence-electron chi connectivity index (χ2n) is 10.8. The standard InChI is InChI=1S/C22H27FN10O10P2S/c1-22-4-38-44(35)42-12-9(23)8(40-19(12)33-7-29-11-17(33)30-21(25)31-18(11)34)3-39-45(36,46)43-14(22)13(37-2)20(41-22)32-6-28-10-15(24)26-5-27-16(10)32/h5-9,12-14,19-20,44H,3-4H2,1-2H3,(H,36,46)(H2,24,26,27)(H3,25,30,31,34)/t8-,9-,12-,13-,14+,19-,20-,22-,45-/m1/s1. The van der Waals surface area contributed by atoms with Gasteiger partial charge in [0.25, 0.3) is 5.56 Å². The number of hydrogen-bond donors (Lipinski definition) is 4. The number of nitrogens with one attached hydrogen (secondary N) is 1. The van der Waals surface area contributed by atoms with Crippen LogP contribution in [-0.4, -0.2) is 95.6 Å². The average Bonchev–Trinajstić information content (AvgIpc) is 3.75. The van der Waals surface area contributed by atoms with Gasteiger partial charge in [-0.25, -0.2) is 28.9 Å². The van der Waals surface area contributed by atoms with Crippen molar-refractivity contribution in [2.75, 3.05) is 31.8 Å². The second-order valence-corrected chi connectivity index (χ2v) is 14.7. The van der Waals surface area contributed by atoms with E-state index in [0.717, 1.165) is 0 Å². The lowest BCUT2D eigenvalue weighted by Gasteiger charge is -2.32. The zero-order valence-electron chi connectivity index (χ0n) is 23.8. The number of imidazole rings is 2. The smallest absolute Gasteiger partial charge is 0.382 e. The number of ether oxygens (including phenoxy) is 3. The summed E-state index contributed by atoms with van der Waals surface area (Å²) >= 11 is 4.14. The van der Waals surface area contributed by atoms with Gasteiger partial charge in [-0.15, -0.1) is 0 Å². The number of methoxy groups -OCH3 is 1. The summed E-state index contributed by atoms with van der Waals surface area (Å²) in [4.78, 5) is 35.1. The van der Waals surface area contributed by atoms with Crippen LogP contribution in [0.1, 0.15) is 19.4 Å². The number of H-pyrrole nitrogens is 1. The molecule has 4 aromatic heterocycles. The number of aromatic nitrogens is 8. The van der Waals surface area contributed by atoms with E-state index in [9.17, 15) is 13.9 Å². The van der Waals surface area contributed by atoms with Crippen molar-refractivity contribution in [1.29, 1.82) is 0 Å². The number of halogens is 1. The van der Waals surface area contributed by atoms with Crippen molar-refractivity contribution < 1.29 is 45.8 Å². The van der Waals surface area contributed by atoms with Crippen molar-refractivity contribution in [3.05, 3.63) is 29.3 Å². The summed E-state index contributed by atoms with van der Waals surface area (Å²) in [5, 5.41) is 0. The summed E-state index contributed by atoms with van der Waals surface area (Å²) in [6.07, 6.45) is -5.83. The van der Waals surface area contributed by atoms with Crippen LogP contribution in [0.4, 0.5) is 16.2 Å². The van der Waals surface area contributed by atoms with Gasteiger partial charge >= 0.3 is 15.1 Å². The lowest BCUT2D eigenvalue weighted by Crippen LogP contribution is -2.45. The van der Waals surface area contributed by atoms with Gasteiger partial charge in [0.2, 0.25) is 5.95 Å². The lowest BCUT2D eigenvalue weighted by molar-refractivity contribution is -0.111. The molecule has 7 rings (SSSR count).